The van der Waals surface area contributed by atoms with Gasteiger partial charge in [0.05, 0.1) is 11.6 Å². The Balaban J connectivity index is 2.83. The highest BCUT2D eigenvalue weighted by Gasteiger charge is 2.13. The van der Waals surface area contributed by atoms with Crippen LogP contribution in [0.1, 0.15) is 24.5 Å². The zero-order chi connectivity index (χ0) is 8.27. The van der Waals surface area contributed by atoms with Crippen LogP contribution in [0, 0.1) is 0 Å². The van der Waals surface area contributed by atoms with E-state index in [2.05, 4.69) is 4.98 Å². The second-order valence-electron chi connectivity index (χ2n) is 2.17. The van der Waals surface area contributed by atoms with Gasteiger partial charge in [-0.3, -0.25) is 0 Å². The minimum absolute atomic E-state index is 0.0775. The van der Waals surface area contributed by atoms with Crippen LogP contribution in [0.3, 0.4) is 0 Å². The summed E-state index contributed by atoms with van der Waals surface area (Å²) in [6, 6.07) is 0. The molecule has 11 heavy (non-hydrogen) atoms. The molecule has 0 fully saturated rings. The number of halogens is 1. The van der Waals surface area contributed by atoms with Gasteiger partial charge in [0.2, 0.25) is 0 Å². The molecule has 0 bridgehead atoms. The van der Waals surface area contributed by atoms with Crippen LogP contribution < -0.4 is 0 Å². The lowest BCUT2D eigenvalue weighted by molar-refractivity contribution is 0.0987. The first-order valence-corrected chi connectivity index (χ1v) is 3.84. The van der Waals surface area contributed by atoms with Gasteiger partial charge in [-0.2, -0.15) is 0 Å². The Kier molecular flexibility index (Phi) is 2.91. The number of nitrogens with zero attached hydrogens (tertiary/aromatic N) is 1. The summed E-state index contributed by atoms with van der Waals surface area (Å²) >= 11 is 5.60. The van der Waals surface area contributed by atoms with Crippen LogP contribution in [-0.2, 0) is 10.6 Å². The maximum atomic E-state index is 5.60. The SMILES string of the molecule is COC(C)c1ocnc1CCl. The van der Waals surface area contributed by atoms with Crippen LogP contribution in [0.25, 0.3) is 0 Å². The average molecular weight is 176 g/mol. The van der Waals surface area contributed by atoms with Gasteiger partial charge in [0.25, 0.3) is 0 Å². The lowest BCUT2D eigenvalue weighted by Gasteiger charge is -2.05. The molecule has 1 atom stereocenters. The molecule has 0 aliphatic rings. The Bertz CT molecular complexity index is 224. The Morgan fingerprint density at radius 2 is 2.55 bits per heavy atom. The molecule has 1 rings (SSSR count). The number of rotatable bonds is 3. The van der Waals surface area contributed by atoms with Gasteiger partial charge < -0.3 is 9.15 Å². The molecule has 0 saturated carbocycles. The second-order valence-corrected chi connectivity index (χ2v) is 2.44. The smallest absolute Gasteiger partial charge is 0.181 e. The molecule has 0 N–H and O–H groups in total. The number of alkyl halides is 1. The van der Waals surface area contributed by atoms with Gasteiger partial charge in [-0.1, -0.05) is 0 Å². The van der Waals surface area contributed by atoms with Crippen LogP contribution in [0.2, 0.25) is 0 Å². The van der Waals surface area contributed by atoms with Crippen molar-refractivity contribution >= 4 is 11.6 Å². The third-order valence-corrected chi connectivity index (χ3v) is 1.78. The molecule has 0 spiro atoms. The number of ether oxygens (including phenoxy) is 1. The van der Waals surface area contributed by atoms with E-state index in [-0.39, 0.29) is 6.10 Å². The highest BCUT2D eigenvalue weighted by atomic mass is 35.5. The van der Waals surface area contributed by atoms with E-state index in [1.165, 1.54) is 6.39 Å². The fraction of sp³-hybridized carbons (Fsp3) is 0.571. The van der Waals surface area contributed by atoms with E-state index in [0.717, 1.165) is 5.69 Å². The molecular formula is C7H10ClNO2. The average Bonchev–Trinajstić information content (AvgIpc) is 2.50. The zero-order valence-electron chi connectivity index (χ0n) is 6.50. The minimum atomic E-state index is -0.0775. The van der Waals surface area contributed by atoms with Gasteiger partial charge in [-0.25, -0.2) is 4.98 Å². The van der Waals surface area contributed by atoms with E-state index in [4.69, 9.17) is 20.8 Å². The van der Waals surface area contributed by atoms with E-state index < -0.39 is 0 Å². The van der Waals surface area contributed by atoms with Gasteiger partial charge in [0.1, 0.15) is 6.10 Å². The quantitative estimate of drug-likeness (QED) is 0.661. The molecule has 4 heteroatoms. The summed E-state index contributed by atoms with van der Waals surface area (Å²) in [6.45, 7) is 1.89. The zero-order valence-corrected chi connectivity index (χ0v) is 7.26. The number of oxazole rings is 1. The van der Waals surface area contributed by atoms with Gasteiger partial charge >= 0.3 is 0 Å². The molecule has 0 aromatic carbocycles. The third-order valence-electron chi connectivity index (χ3n) is 1.52. The maximum absolute atomic E-state index is 5.60. The monoisotopic (exact) mass is 175 g/mol. The van der Waals surface area contributed by atoms with E-state index in [1.807, 2.05) is 6.92 Å². The predicted octanol–water partition coefficient (Wildman–Crippen LogP) is 2.12. The largest absolute Gasteiger partial charge is 0.445 e. The van der Waals surface area contributed by atoms with E-state index in [0.29, 0.717) is 11.6 Å². The molecule has 1 aromatic heterocycles. The minimum Gasteiger partial charge on any atom is -0.445 e. The number of methoxy groups -OCH3 is 1. The second kappa shape index (κ2) is 3.74. The summed E-state index contributed by atoms with van der Waals surface area (Å²) in [5.41, 5.74) is 0.751. The van der Waals surface area contributed by atoms with Gasteiger partial charge in [0, 0.05) is 7.11 Å². The molecule has 0 saturated heterocycles. The van der Waals surface area contributed by atoms with Crippen LogP contribution >= 0.6 is 11.6 Å². The van der Waals surface area contributed by atoms with Crippen molar-refractivity contribution < 1.29 is 9.15 Å². The van der Waals surface area contributed by atoms with Crippen molar-refractivity contribution in [1.82, 2.24) is 4.98 Å². The highest BCUT2D eigenvalue weighted by molar-refractivity contribution is 6.16. The number of aromatic nitrogens is 1. The topological polar surface area (TPSA) is 35.3 Å². The molecular weight excluding hydrogens is 166 g/mol. The lowest BCUT2D eigenvalue weighted by atomic mass is 10.2. The summed E-state index contributed by atoms with van der Waals surface area (Å²) in [5.74, 6) is 1.07. The summed E-state index contributed by atoms with van der Waals surface area (Å²) in [4.78, 5) is 3.93. The maximum Gasteiger partial charge on any atom is 0.181 e. The summed E-state index contributed by atoms with van der Waals surface area (Å²) in [7, 11) is 1.62. The lowest BCUT2D eigenvalue weighted by Crippen LogP contribution is -1.97. The van der Waals surface area contributed by atoms with Crippen LogP contribution in [0.15, 0.2) is 10.8 Å². The summed E-state index contributed by atoms with van der Waals surface area (Å²) in [6.07, 6.45) is 1.30. The first kappa shape index (κ1) is 8.56. The van der Waals surface area contributed by atoms with Crippen LogP contribution in [-0.4, -0.2) is 12.1 Å². The van der Waals surface area contributed by atoms with Crippen LogP contribution in [0.5, 0.6) is 0 Å². The molecule has 0 aliphatic heterocycles. The van der Waals surface area contributed by atoms with Gasteiger partial charge in [-0.15, -0.1) is 11.6 Å². The first-order valence-electron chi connectivity index (χ1n) is 3.30. The van der Waals surface area contributed by atoms with Crippen LogP contribution in [0.4, 0.5) is 0 Å². The molecule has 1 unspecified atom stereocenters. The van der Waals surface area contributed by atoms with E-state index >= 15 is 0 Å². The summed E-state index contributed by atoms with van der Waals surface area (Å²) < 4.78 is 10.1. The van der Waals surface area contributed by atoms with Gasteiger partial charge in [-0.05, 0) is 6.92 Å². The van der Waals surface area contributed by atoms with Crippen molar-refractivity contribution in [2.45, 2.75) is 18.9 Å². The molecule has 0 amide bonds. The number of hydrogen-bond acceptors (Lipinski definition) is 3. The summed E-state index contributed by atoms with van der Waals surface area (Å²) in [5, 5.41) is 0. The van der Waals surface area contributed by atoms with E-state index in [9.17, 15) is 0 Å². The van der Waals surface area contributed by atoms with Gasteiger partial charge in [0.15, 0.2) is 12.2 Å². The molecule has 62 valence electrons. The fourth-order valence-corrected chi connectivity index (χ4v) is 1.02. The Hall–Kier alpha value is -0.540. The standard InChI is InChI=1S/C7H10ClNO2/c1-5(10-2)7-6(3-8)9-4-11-7/h4-5H,3H2,1-2H3. The van der Waals surface area contributed by atoms with Crippen molar-refractivity contribution in [3.05, 3.63) is 17.8 Å². The fourth-order valence-electron chi connectivity index (χ4n) is 0.816. The Labute approximate surface area is 70.3 Å². The molecule has 0 radical (unpaired) electrons. The van der Waals surface area contributed by atoms with Crippen molar-refractivity contribution in [1.29, 1.82) is 0 Å². The molecule has 0 aliphatic carbocycles. The Morgan fingerprint density at radius 1 is 1.82 bits per heavy atom. The Morgan fingerprint density at radius 3 is 3.09 bits per heavy atom. The van der Waals surface area contributed by atoms with Crippen molar-refractivity contribution in [3.8, 4) is 0 Å². The third kappa shape index (κ3) is 1.73. The normalized spacial score (nSPS) is 13.4. The van der Waals surface area contributed by atoms with Crippen molar-refractivity contribution in [2.24, 2.45) is 0 Å². The molecule has 1 aromatic rings. The first-order chi connectivity index (χ1) is 5.29. The predicted molar refractivity (Wildman–Crippen MR) is 41.5 cm³/mol. The molecule has 1 heterocycles. The number of hydrogen-bond donors (Lipinski definition) is 0. The highest BCUT2D eigenvalue weighted by Crippen LogP contribution is 2.20. The van der Waals surface area contributed by atoms with Crippen molar-refractivity contribution in [2.75, 3.05) is 7.11 Å². The molecule has 3 nitrogen and oxygen atoms in total. The van der Waals surface area contributed by atoms with E-state index in [1.54, 1.807) is 7.11 Å². The van der Waals surface area contributed by atoms with Crippen molar-refractivity contribution in [3.63, 3.8) is 0 Å².